The number of aliphatic hydroxyl groups excluding tert-OH is 1. The Kier molecular flexibility index (Phi) is 32.5. The number of allylic oxidation sites excluding steroid dienone is 6. The molecule has 1 heterocycles. The van der Waals surface area contributed by atoms with Crippen LogP contribution in [0.15, 0.2) is 102 Å². The third kappa shape index (κ3) is 25.2. The van der Waals surface area contributed by atoms with Gasteiger partial charge in [0.15, 0.2) is 5.17 Å². The number of methoxy groups -OCH3 is 1. The molecule has 0 bridgehead atoms. The molecule has 1 atom stereocenters. The van der Waals surface area contributed by atoms with Gasteiger partial charge in [-0.1, -0.05) is 102 Å². The fourth-order valence-electron chi connectivity index (χ4n) is 4.73. The van der Waals surface area contributed by atoms with Crippen LogP contribution in [-0.2, 0) is 20.9 Å². The molecule has 2 aromatic carbocycles. The molecule has 3 rings (SSSR count). The van der Waals surface area contributed by atoms with E-state index in [2.05, 4.69) is 39.9 Å². The summed E-state index contributed by atoms with van der Waals surface area (Å²) in [6.45, 7) is 23.4. The molecular weight excluding hydrogens is 773 g/mol. The highest BCUT2D eigenvalue weighted by atomic mass is 32.2. The number of alkyl halides is 3. The van der Waals surface area contributed by atoms with E-state index in [1.807, 2.05) is 68.4 Å². The third-order valence-corrected chi connectivity index (χ3v) is 8.44. The van der Waals surface area contributed by atoms with Crippen molar-refractivity contribution >= 4 is 34.4 Å². The van der Waals surface area contributed by atoms with E-state index in [4.69, 9.17) is 9.84 Å². The molecule has 0 radical (unpaired) electrons. The van der Waals surface area contributed by atoms with E-state index in [1.54, 1.807) is 24.2 Å². The smallest absolute Gasteiger partial charge is 0.406 e. The van der Waals surface area contributed by atoms with Crippen molar-refractivity contribution in [3.63, 3.8) is 0 Å². The topological polar surface area (TPSA) is 104 Å². The van der Waals surface area contributed by atoms with Crippen LogP contribution in [0, 0.1) is 5.82 Å². The van der Waals surface area contributed by atoms with Crippen LogP contribution in [0.25, 0.3) is 0 Å². The molecule has 14 heteroatoms. The van der Waals surface area contributed by atoms with Crippen LogP contribution in [0.4, 0.5) is 23.2 Å². The first-order valence-electron chi connectivity index (χ1n) is 19.6. The SMILES string of the molecule is C/C=C\C/C(=C\C)COC.C=CCC1SC(=Nc2cccc(F)c2)N(Cc2ccc(OC(F)(F)F)cc2)C1=O.CC.CC.CC/C=C(\C)NC(=O)CN(CO)CCC. The largest absolute Gasteiger partial charge is 0.573 e. The van der Waals surface area contributed by atoms with Gasteiger partial charge in [-0.3, -0.25) is 19.4 Å². The van der Waals surface area contributed by atoms with Crippen molar-refractivity contribution in [1.82, 2.24) is 15.1 Å². The zero-order valence-electron chi connectivity index (χ0n) is 36.0. The van der Waals surface area contributed by atoms with Gasteiger partial charge in [-0.15, -0.1) is 19.8 Å². The van der Waals surface area contributed by atoms with Crippen LogP contribution in [0.5, 0.6) is 5.75 Å². The van der Waals surface area contributed by atoms with E-state index in [1.165, 1.54) is 64.7 Å². The Morgan fingerprint density at radius 3 is 2.26 bits per heavy atom. The summed E-state index contributed by atoms with van der Waals surface area (Å²) in [4.78, 5) is 31.7. The molecule has 1 aliphatic rings. The van der Waals surface area contributed by atoms with Crippen molar-refractivity contribution in [2.75, 3.05) is 33.5 Å². The number of hydrogen-bond acceptors (Lipinski definition) is 8. The number of rotatable bonds is 17. The summed E-state index contributed by atoms with van der Waals surface area (Å²) in [6.07, 6.45) is 8.38. The minimum atomic E-state index is -4.77. The summed E-state index contributed by atoms with van der Waals surface area (Å²) >= 11 is 1.24. The van der Waals surface area contributed by atoms with Gasteiger partial charge >= 0.3 is 6.36 Å². The quantitative estimate of drug-likeness (QED) is 0.0929. The summed E-state index contributed by atoms with van der Waals surface area (Å²) in [7, 11) is 1.72. The third-order valence-electron chi connectivity index (χ3n) is 7.24. The maximum atomic E-state index is 13.5. The van der Waals surface area contributed by atoms with Crippen molar-refractivity contribution in [3.8, 4) is 5.75 Å². The normalized spacial score (nSPS) is 14.7. The van der Waals surface area contributed by atoms with Crippen LogP contribution >= 0.6 is 11.8 Å². The molecule has 58 heavy (non-hydrogen) atoms. The maximum Gasteiger partial charge on any atom is 0.573 e. The minimum absolute atomic E-state index is 0.0697. The Morgan fingerprint density at radius 2 is 1.76 bits per heavy atom. The van der Waals surface area contributed by atoms with Gasteiger partial charge in [0.2, 0.25) is 11.8 Å². The second-order valence-corrected chi connectivity index (χ2v) is 13.0. The second-order valence-electron chi connectivity index (χ2n) is 11.8. The van der Waals surface area contributed by atoms with Gasteiger partial charge in [-0.05, 0) is 87.9 Å². The molecule has 0 aromatic heterocycles. The summed E-state index contributed by atoms with van der Waals surface area (Å²) in [5.41, 5.74) is 3.16. The molecule has 326 valence electrons. The van der Waals surface area contributed by atoms with Crippen LogP contribution in [0.1, 0.15) is 93.6 Å². The van der Waals surface area contributed by atoms with Crippen molar-refractivity contribution in [3.05, 3.63) is 108 Å². The fraction of sp³-hybridized carbons (Fsp3) is 0.477. The monoisotopic (exact) mass is 838 g/mol. The lowest BCUT2D eigenvalue weighted by Crippen LogP contribution is -2.37. The van der Waals surface area contributed by atoms with Crippen LogP contribution in [0.3, 0.4) is 0 Å². The number of benzene rings is 2. The van der Waals surface area contributed by atoms with Gasteiger partial charge in [0.25, 0.3) is 0 Å². The number of carbonyl (C=O) groups is 2. The number of amidine groups is 1. The molecule has 1 saturated heterocycles. The molecule has 2 aromatic rings. The Morgan fingerprint density at radius 1 is 1.10 bits per heavy atom. The molecule has 2 N–H and O–H groups in total. The summed E-state index contributed by atoms with van der Waals surface area (Å²) in [5.74, 6) is -1.06. The average Bonchev–Trinajstić information content (AvgIpc) is 3.47. The summed E-state index contributed by atoms with van der Waals surface area (Å²) < 4.78 is 59.2. The number of ether oxygens (including phenoxy) is 2. The van der Waals surface area contributed by atoms with Gasteiger partial charge in [-0.25, -0.2) is 9.38 Å². The standard InChI is InChI=1S/C20H16F4N2O2S.C11H22N2O2.C9H16O.2C2H6/c1-2-4-17-18(27)26(19(29-17)25-15-6-3-5-14(21)11-15)12-13-7-9-16(10-8-13)28-20(22,23)24;1-4-6-10(3)12-11(15)8-13(9-14)7-5-2;1-4-6-7-9(5-2)8-10-3;2*1-2/h2-3,5-11,17H,1,4,12H2;6,14H,4-5,7-9H2,1-3H3,(H,12,15);4-6H,7-8H2,1-3H3;2*1-2H3/b;10-6+;6-4-,9-5+;;. The van der Waals surface area contributed by atoms with Gasteiger partial charge in [0.1, 0.15) is 11.6 Å². The minimum Gasteiger partial charge on any atom is -0.406 e. The Balaban J connectivity index is 0. The van der Waals surface area contributed by atoms with Gasteiger partial charge < -0.3 is 19.9 Å². The van der Waals surface area contributed by atoms with Crippen LogP contribution in [0.2, 0.25) is 0 Å². The molecule has 0 spiro atoms. The van der Waals surface area contributed by atoms with Crippen molar-refractivity contribution in [2.24, 2.45) is 4.99 Å². The van der Waals surface area contributed by atoms with Crippen molar-refractivity contribution in [1.29, 1.82) is 0 Å². The first-order chi connectivity index (χ1) is 27.7. The molecule has 9 nitrogen and oxygen atoms in total. The highest BCUT2D eigenvalue weighted by Crippen LogP contribution is 2.33. The van der Waals surface area contributed by atoms with E-state index in [0.29, 0.717) is 22.8 Å². The van der Waals surface area contributed by atoms with Gasteiger partial charge in [0, 0.05) is 19.4 Å². The Labute approximate surface area is 349 Å². The predicted octanol–water partition coefficient (Wildman–Crippen LogP) is 11.1. The number of amides is 2. The molecule has 0 aliphatic carbocycles. The number of aliphatic imine (C=N–C) groups is 1. The number of aliphatic hydroxyl groups is 1. The van der Waals surface area contributed by atoms with E-state index in [9.17, 15) is 27.2 Å². The van der Waals surface area contributed by atoms with E-state index >= 15 is 0 Å². The second kappa shape index (κ2) is 33.7. The first kappa shape index (κ1) is 55.9. The first-order valence-corrected chi connectivity index (χ1v) is 20.4. The number of hydrogen-bond donors (Lipinski definition) is 2. The Bertz CT molecular complexity index is 1560. The zero-order chi connectivity index (χ0) is 44.5. The molecule has 1 unspecified atom stereocenters. The van der Waals surface area contributed by atoms with Crippen molar-refractivity contribution < 1.29 is 41.7 Å². The number of nitrogens with one attached hydrogen (secondary N) is 1. The number of thioether (sulfide) groups is 1. The highest BCUT2D eigenvalue weighted by Gasteiger charge is 2.37. The highest BCUT2D eigenvalue weighted by molar-refractivity contribution is 8.15. The average molecular weight is 839 g/mol. The van der Waals surface area contributed by atoms with Crippen LogP contribution < -0.4 is 10.1 Å². The molecule has 1 fully saturated rings. The fourth-order valence-corrected chi connectivity index (χ4v) is 5.88. The Hall–Kier alpha value is -4.24. The predicted molar refractivity (Wildman–Crippen MR) is 232 cm³/mol. The zero-order valence-corrected chi connectivity index (χ0v) is 36.8. The molecule has 1 aliphatic heterocycles. The number of halogens is 4. The lowest BCUT2D eigenvalue weighted by atomic mass is 10.2. The number of carbonyl (C=O) groups excluding carboxylic acids is 2. The lowest BCUT2D eigenvalue weighted by molar-refractivity contribution is -0.274. The van der Waals surface area contributed by atoms with Crippen molar-refractivity contribution in [2.45, 2.75) is 106 Å². The summed E-state index contributed by atoms with van der Waals surface area (Å²) in [5, 5.41) is 11.7. The molecular formula is C44H66F4N4O5S. The molecule has 0 saturated carbocycles. The lowest BCUT2D eigenvalue weighted by Gasteiger charge is -2.17. The number of nitrogens with zero attached hydrogens (tertiary/aromatic N) is 3. The van der Waals surface area contributed by atoms with E-state index in [-0.39, 0.29) is 37.4 Å². The molecule has 2 amide bonds. The van der Waals surface area contributed by atoms with E-state index in [0.717, 1.165) is 38.1 Å². The van der Waals surface area contributed by atoms with Gasteiger partial charge in [0.05, 0.1) is 37.4 Å². The summed E-state index contributed by atoms with van der Waals surface area (Å²) in [6, 6.07) is 10.9. The van der Waals surface area contributed by atoms with E-state index < -0.39 is 17.4 Å². The maximum absolute atomic E-state index is 13.5. The van der Waals surface area contributed by atoms with Crippen LogP contribution in [-0.4, -0.2) is 77.0 Å². The van der Waals surface area contributed by atoms with Gasteiger partial charge in [-0.2, -0.15) is 0 Å².